The summed E-state index contributed by atoms with van der Waals surface area (Å²) in [5.41, 5.74) is -0.439. The predicted molar refractivity (Wildman–Crippen MR) is 106 cm³/mol. The average molecular weight is 461 g/mol. The molecule has 0 aliphatic rings. The zero-order valence-electron chi connectivity index (χ0n) is 15.0. The Morgan fingerprint density at radius 3 is 2.34 bits per heavy atom. The second kappa shape index (κ2) is 8.76. The number of hydrogen-bond acceptors (Lipinski definition) is 7. The average Bonchev–Trinajstić information content (AvgIpc) is 2.62. The molecule has 2 rings (SSSR count). The normalized spacial score (nSPS) is 12.1. The molecule has 0 radical (unpaired) electrons. The fraction of sp³-hybridized carbons (Fsp3) is 0.176. The van der Waals surface area contributed by atoms with Gasteiger partial charge in [0, 0.05) is 18.4 Å². The predicted octanol–water partition coefficient (Wildman–Crippen LogP) is 3.49. The maximum absolute atomic E-state index is 12.3. The van der Waals surface area contributed by atoms with Gasteiger partial charge < -0.3 is 10.1 Å². The number of nitrogens with zero attached hydrogens (tertiary/aromatic N) is 1. The molecule has 1 amide bonds. The van der Waals surface area contributed by atoms with Crippen molar-refractivity contribution in [3.05, 3.63) is 62.1 Å². The van der Waals surface area contributed by atoms with Crippen molar-refractivity contribution in [2.75, 3.05) is 11.6 Å². The number of nitrogens with one attached hydrogen (secondary N) is 1. The third-order valence-electron chi connectivity index (χ3n) is 3.64. The summed E-state index contributed by atoms with van der Waals surface area (Å²) in [4.78, 5) is 34.4. The molecule has 12 heteroatoms. The quantitative estimate of drug-likeness (QED) is 0.396. The van der Waals surface area contributed by atoms with E-state index in [2.05, 4.69) is 5.32 Å². The van der Waals surface area contributed by atoms with E-state index in [-0.39, 0.29) is 31.9 Å². The van der Waals surface area contributed by atoms with E-state index in [4.69, 9.17) is 27.9 Å². The van der Waals surface area contributed by atoms with Crippen LogP contribution >= 0.6 is 23.2 Å². The van der Waals surface area contributed by atoms with Crippen molar-refractivity contribution in [3.8, 4) is 0 Å². The van der Waals surface area contributed by atoms with Gasteiger partial charge in [-0.3, -0.25) is 14.9 Å². The highest BCUT2D eigenvalue weighted by Crippen LogP contribution is 2.27. The Morgan fingerprint density at radius 2 is 1.76 bits per heavy atom. The van der Waals surface area contributed by atoms with E-state index in [0.717, 1.165) is 18.4 Å². The molecule has 1 unspecified atom stereocenters. The van der Waals surface area contributed by atoms with Gasteiger partial charge in [-0.05, 0) is 31.2 Å². The van der Waals surface area contributed by atoms with Crippen LogP contribution in [0.4, 0.5) is 11.4 Å². The van der Waals surface area contributed by atoms with Crippen LogP contribution in [0.15, 0.2) is 41.3 Å². The molecule has 0 aliphatic carbocycles. The number of esters is 1. The first-order chi connectivity index (χ1) is 13.4. The van der Waals surface area contributed by atoms with Crippen LogP contribution in [-0.4, -0.2) is 37.6 Å². The standard InChI is InChI=1S/C17H14Cl2N2O7S/c1-9(16(22)20-14-8-11(21(24)25)4-6-12(14)18)28-17(23)10-3-5-13(19)15(7-10)29(2,26)27/h3-9H,1-2H3,(H,20,22). The maximum atomic E-state index is 12.3. The number of ether oxygens (including phenoxy) is 1. The lowest BCUT2D eigenvalue weighted by molar-refractivity contribution is -0.384. The molecule has 0 aromatic heterocycles. The third kappa shape index (κ3) is 5.66. The van der Waals surface area contributed by atoms with Gasteiger partial charge in [-0.2, -0.15) is 0 Å². The van der Waals surface area contributed by atoms with Crippen LogP contribution in [0.2, 0.25) is 10.0 Å². The smallest absolute Gasteiger partial charge is 0.338 e. The molecule has 0 heterocycles. The third-order valence-corrected chi connectivity index (χ3v) is 5.55. The van der Waals surface area contributed by atoms with Crippen LogP contribution in [0, 0.1) is 10.1 Å². The van der Waals surface area contributed by atoms with E-state index >= 15 is 0 Å². The number of benzene rings is 2. The summed E-state index contributed by atoms with van der Waals surface area (Å²) in [5, 5.41) is 13.2. The Hall–Kier alpha value is -2.69. The molecule has 0 saturated carbocycles. The van der Waals surface area contributed by atoms with Crippen molar-refractivity contribution in [3.63, 3.8) is 0 Å². The molecule has 154 valence electrons. The summed E-state index contributed by atoms with van der Waals surface area (Å²) in [7, 11) is -3.68. The number of carbonyl (C=O) groups is 2. The molecular weight excluding hydrogens is 447 g/mol. The summed E-state index contributed by atoms with van der Waals surface area (Å²) in [5.74, 6) is -1.75. The Kier molecular flexibility index (Phi) is 6.83. The van der Waals surface area contributed by atoms with Crippen molar-refractivity contribution in [2.24, 2.45) is 0 Å². The van der Waals surface area contributed by atoms with Crippen molar-refractivity contribution < 1.29 is 27.7 Å². The zero-order chi connectivity index (χ0) is 21.9. The minimum atomic E-state index is -3.68. The number of nitro groups is 1. The summed E-state index contributed by atoms with van der Waals surface area (Å²) in [6.45, 7) is 1.27. The van der Waals surface area contributed by atoms with Gasteiger partial charge in [-0.15, -0.1) is 0 Å². The number of sulfone groups is 1. The lowest BCUT2D eigenvalue weighted by Crippen LogP contribution is -2.30. The number of hydrogen-bond donors (Lipinski definition) is 1. The summed E-state index contributed by atoms with van der Waals surface area (Å²) >= 11 is 11.7. The highest BCUT2D eigenvalue weighted by Gasteiger charge is 2.22. The van der Waals surface area contributed by atoms with Crippen molar-refractivity contribution in [2.45, 2.75) is 17.9 Å². The molecule has 0 spiro atoms. The van der Waals surface area contributed by atoms with Gasteiger partial charge in [0.25, 0.3) is 11.6 Å². The van der Waals surface area contributed by atoms with Crippen molar-refractivity contribution in [1.29, 1.82) is 0 Å². The monoisotopic (exact) mass is 460 g/mol. The van der Waals surface area contributed by atoms with E-state index in [1.54, 1.807) is 0 Å². The first kappa shape index (κ1) is 22.6. The van der Waals surface area contributed by atoms with Crippen LogP contribution in [0.1, 0.15) is 17.3 Å². The Morgan fingerprint density at radius 1 is 1.14 bits per heavy atom. The Labute approximate surface area is 175 Å². The number of anilines is 1. The maximum Gasteiger partial charge on any atom is 0.338 e. The fourth-order valence-corrected chi connectivity index (χ4v) is 3.62. The number of nitro benzene ring substituents is 1. The van der Waals surface area contributed by atoms with E-state index in [0.29, 0.717) is 0 Å². The van der Waals surface area contributed by atoms with Gasteiger partial charge in [0.1, 0.15) is 0 Å². The number of rotatable bonds is 6. The van der Waals surface area contributed by atoms with Gasteiger partial charge in [0.05, 0.1) is 31.1 Å². The summed E-state index contributed by atoms with van der Waals surface area (Å²) in [6, 6.07) is 6.99. The molecule has 0 bridgehead atoms. The second-order valence-electron chi connectivity index (χ2n) is 5.88. The van der Waals surface area contributed by atoms with Crippen LogP contribution < -0.4 is 5.32 Å². The number of halogens is 2. The number of amides is 1. The SMILES string of the molecule is CC(OC(=O)c1ccc(Cl)c(S(C)(=O)=O)c1)C(=O)Nc1cc([N+](=O)[O-])ccc1Cl. The topological polar surface area (TPSA) is 133 Å². The van der Waals surface area contributed by atoms with Gasteiger partial charge in [-0.1, -0.05) is 23.2 Å². The highest BCUT2D eigenvalue weighted by molar-refractivity contribution is 7.90. The van der Waals surface area contributed by atoms with Crippen molar-refractivity contribution in [1.82, 2.24) is 0 Å². The van der Waals surface area contributed by atoms with E-state index in [1.165, 1.54) is 31.2 Å². The molecule has 1 N–H and O–H groups in total. The van der Waals surface area contributed by atoms with Gasteiger partial charge in [0.15, 0.2) is 15.9 Å². The first-order valence-corrected chi connectivity index (χ1v) is 10.5. The van der Waals surface area contributed by atoms with Crippen LogP contribution in [-0.2, 0) is 19.4 Å². The molecule has 0 aliphatic heterocycles. The lowest BCUT2D eigenvalue weighted by atomic mass is 10.2. The summed E-state index contributed by atoms with van der Waals surface area (Å²) < 4.78 is 28.4. The Bertz CT molecular complexity index is 1100. The van der Waals surface area contributed by atoms with Crippen LogP contribution in [0.25, 0.3) is 0 Å². The lowest BCUT2D eigenvalue weighted by Gasteiger charge is -2.14. The number of non-ortho nitro benzene ring substituents is 1. The largest absolute Gasteiger partial charge is 0.449 e. The van der Waals surface area contributed by atoms with Gasteiger partial charge >= 0.3 is 5.97 Å². The molecule has 29 heavy (non-hydrogen) atoms. The van der Waals surface area contributed by atoms with Crippen molar-refractivity contribution >= 4 is 56.3 Å². The van der Waals surface area contributed by atoms with Gasteiger partial charge in [-0.25, -0.2) is 13.2 Å². The molecule has 2 aromatic rings. The molecule has 0 saturated heterocycles. The number of carbonyl (C=O) groups excluding carboxylic acids is 2. The van der Waals surface area contributed by atoms with Crippen LogP contribution in [0.5, 0.6) is 0 Å². The first-order valence-electron chi connectivity index (χ1n) is 7.85. The molecule has 9 nitrogen and oxygen atoms in total. The minimum Gasteiger partial charge on any atom is -0.449 e. The molecular formula is C17H14Cl2N2O7S. The zero-order valence-corrected chi connectivity index (χ0v) is 17.3. The van der Waals surface area contributed by atoms with E-state index in [1.807, 2.05) is 0 Å². The summed E-state index contributed by atoms with van der Waals surface area (Å²) in [6.07, 6.45) is -0.377. The van der Waals surface area contributed by atoms with Gasteiger partial charge in [0.2, 0.25) is 0 Å². The van der Waals surface area contributed by atoms with E-state index in [9.17, 15) is 28.1 Å². The molecule has 0 fully saturated rings. The fourth-order valence-electron chi connectivity index (χ4n) is 2.15. The molecule has 1 atom stereocenters. The second-order valence-corrected chi connectivity index (χ2v) is 8.67. The Balaban J connectivity index is 2.15. The van der Waals surface area contributed by atoms with Crippen LogP contribution in [0.3, 0.4) is 0 Å². The minimum absolute atomic E-state index is 0.0281. The van der Waals surface area contributed by atoms with E-state index < -0.39 is 32.7 Å². The molecule has 2 aromatic carbocycles. The highest BCUT2D eigenvalue weighted by atomic mass is 35.5.